The lowest BCUT2D eigenvalue weighted by molar-refractivity contribution is 0.0960. The van der Waals surface area contributed by atoms with E-state index in [9.17, 15) is 0 Å². The van der Waals surface area contributed by atoms with Gasteiger partial charge in [-0.05, 0) is 39.7 Å². The van der Waals surface area contributed by atoms with Crippen LogP contribution >= 0.6 is 23.2 Å². The highest BCUT2D eigenvalue weighted by Gasteiger charge is 2.26. The molecule has 0 aliphatic carbocycles. The number of hydrogen-bond acceptors (Lipinski definition) is 3. The van der Waals surface area contributed by atoms with Gasteiger partial charge in [0.15, 0.2) is 0 Å². The van der Waals surface area contributed by atoms with Crippen molar-refractivity contribution in [2.45, 2.75) is 51.7 Å². The smallest absolute Gasteiger partial charge is 0.123 e. The standard InChI is InChI=1S/C17H28N2O.CH2Cl2/c1-17(2,3)19-11-9-15(10-12-19)18-13-14-7-5-6-8-16(14)20-4;2-1-3/h5-8,15,18H,9-13H2,1-4H3;1H2. The summed E-state index contributed by atoms with van der Waals surface area (Å²) in [5, 5.41) is 3.87. The third-order valence-corrected chi connectivity index (χ3v) is 4.22. The van der Waals surface area contributed by atoms with Gasteiger partial charge in [0, 0.05) is 36.8 Å². The molecule has 3 nitrogen and oxygen atoms in total. The van der Waals surface area contributed by atoms with E-state index in [1.165, 1.54) is 31.5 Å². The number of methoxy groups -OCH3 is 1. The summed E-state index contributed by atoms with van der Waals surface area (Å²) in [6, 6.07) is 8.87. The molecule has 1 N–H and O–H groups in total. The number of alkyl halides is 2. The third kappa shape index (κ3) is 7.30. The molecule has 0 saturated carbocycles. The van der Waals surface area contributed by atoms with Gasteiger partial charge in [-0.15, -0.1) is 23.2 Å². The molecule has 1 heterocycles. The van der Waals surface area contributed by atoms with Crippen LogP contribution in [0.5, 0.6) is 5.75 Å². The van der Waals surface area contributed by atoms with E-state index in [1.54, 1.807) is 7.11 Å². The molecular formula is C18H30Cl2N2O. The average Bonchev–Trinajstić information content (AvgIpc) is 2.53. The van der Waals surface area contributed by atoms with Gasteiger partial charge in [-0.25, -0.2) is 0 Å². The molecule has 2 rings (SSSR count). The van der Waals surface area contributed by atoms with Crippen LogP contribution in [-0.2, 0) is 6.54 Å². The summed E-state index contributed by atoms with van der Waals surface area (Å²) in [5.74, 6) is 0.979. The van der Waals surface area contributed by atoms with Crippen LogP contribution in [0.1, 0.15) is 39.2 Å². The van der Waals surface area contributed by atoms with Crippen LogP contribution in [0.4, 0.5) is 0 Å². The first-order valence-corrected chi connectivity index (χ1v) is 9.21. The molecule has 0 radical (unpaired) electrons. The summed E-state index contributed by atoms with van der Waals surface area (Å²) in [4.78, 5) is 2.58. The number of hydrogen-bond donors (Lipinski definition) is 1. The third-order valence-electron chi connectivity index (χ3n) is 4.22. The van der Waals surface area contributed by atoms with Crippen molar-refractivity contribution in [1.82, 2.24) is 10.2 Å². The normalized spacial score (nSPS) is 16.6. The van der Waals surface area contributed by atoms with Gasteiger partial charge in [-0.3, -0.25) is 4.90 Å². The van der Waals surface area contributed by atoms with E-state index in [-0.39, 0.29) is 5.34 Å². The fourth-order valence-electron chi connectivity index (χ4n) is 2.86. The predicted molar refractivity (Wildman–Crippen MR) is 101 cm³/mol. The fourth-order valence-corrected chi connectivity index (χ4v) is 2.86. The topological polar surface area (TPSA) is 24.5 Å². The number of benzene rings is 1. The molecule has 1 aromatic rings. The molecular weight excluding hydrogens is 331 g/mol. The molecule has 0 unspecified atom stereocenters. The maximum Gasteiger partial charge on any atom is 0.123 e. The van der Waals surface area contributed by atoms with Crippen molar-refractivity contribution in [1.29, 1.82) is 0 Å². The van der Waals surface area contributed by atoms with Crippen molar-refractivity contribution < 1.29 is 4.74 Å². The molecule has 23 heavy (non-hydrogen) atoms. The first-order chi connectivity index (χ1) is 10.9. The molecule has 0 aromatic heterocycles. The minimum absolute atomic E-state index is 0.194. The molecule has 0 atom stereocenters. The quantitative estimate of drug-likeness (QED) is 0.801. The highest BCUT2D eigenvalue weighted by Crippen LogP contribution is 2.21. The number of para-hydroxylation sites is 1. The van der Waals surface area contributed by atoms with Gasteiger partial charge in [0.2, 0.25) is 0 Å². The van der Waals surface area contributed by atoms with Gasteiger partial charge >= 0.3 is 0 Å². The zero-order valence-corrected chi connectivity index (χ0v) is 16.3. The Balaban J connectivity index is 0.000000816. The van der Waals surface area contributed by atoms with Gasteiger partial charge in [-0.2, -0.15) is 0 Å². The van der Waals surface area contributed by atoms with Crippen LogP contribution in [-0.4, -0.2) is 42.0 Å². The van der Waals surface area contributed by atoms with Gasteiger partial charge in [0.05, 0.1) is 12.4 Å². The SMILES string of the molecule is COc1ccccc1CNC1CCN(C(C)(C)C)CC1.ClCCl. The summed E-state index contributed by atoms with van der Waals surface area (Å²) in [6.45, 7) is 10.2. The molecule has 1 saturated heterocycles. The van der Waals surface area contributed by atoms with E-state index < -0.39 is 0 Å². The van der Waals surface area contributed by atoms with Gasteiger partial charge in [0.25, 0.3) is 0 Å². The lowest BCUT2D eigenvalue weighted by Gasteiger charge is -2.41. The highest BCUT2D eigenvalue weighted by molar-refractivity contribution is 6.40. The maximum absolute atomic E-state index is 5.40. The summed E-state index contributed by atoms with van der Waals surface area (Å²) in [7, 11) is 1.74. The summed E-state index contributed by atoms with van der Waals surface area (Å²) in [5.41, 5.74) is 1.54. The van der Waals surface area contributed by atoms with E-state index in [1.807, 2.05) is 12.1 Å². The minimum atomic E-state index is 0.194. The second kappa shape index (κ2) is 10.4. The molecule has 1 fully saturated rings. The average molecular weight is 361 g/mol. The molecule has 0 spiro atoms. The first-order valence-electron chi connectivity index (χ1n) is 8.14. The van der Waals surface area contributed by atoms with Crippen molar-refractivity contribution in [3.05, 3.63) is 29.8 Å². The second-order valence-corrected chi connectivity index (χ2v) is 7.53. The molecule has 0 amide bonds. The fraction of sp³-hybridized carbons (Fsp3) is 0.667. The van der Waals surface area contributed by atoms with Crippen LogP contribution in [0, 0.1) is 0 Å². The molecule has 0 bridgehead atoms. The lowest BCUT2D eigenvalue weighted by Crippen LogP contribution is -2.49. The van der Waals surface area contributed by atoms with Crippen LogP contribution < -0.4 is 10.1 Å². The predicted octanol–water partition coefficient (Wildman–Crippen LogP) is 4.47. The Labute approximate surface area is 151 Å². The molecule has 5 heteroatoms. The van der Waals surface area contributed by atoms with Crippen LogP contribution in [0.15, 0.2) is 24.3 Å². The van der Waals surface area contributed by atoms with Crippen LogP contribution in [0.3, 0.4) is 0 Å². The molecule has 1 aromatic carbocycles. The Morgan fingerprint density at radius 2 is 1.74 bits per heavy atom. The Bertz CT molecular complexity index is 441. The van der Waals surface area contributed by atoms with Crippen molar-refractivity contribution >= 4 is 23.2 Å². The lowest BCUT2D eigenvalue weighted by atomic mass is 9.98. The second-order valence-electron chi connectivity index (χ2n) is 6.73. The summed E-state index contributed by atoms with van der Waals surface area (Å²) in [6.07, 6.45) is 2.46. The van der Waals surface area contributed by atoms with Crippen molar-refractivity contribution in [3.63, 3.8) is 0 Å². The number of piperidine rings is 1. The Hall–Kier alpha value is -0.480. The van der Waals surface area contributed by atoms with Crippen molar-refractivity contribution in [2.75, 3.05) is 25.5 Å². The molecule has 132 valence electrons. The van der Waals surface area contributed by atoms with E-state index in [2.05, 4.69) is 43.1 Å². The van der Waals surface area contributed by atoms with Gasteiger partial charge in [-0.1, -0.05) is 18.2 Å². The summed E-state index contributed by atoms with van der Waals surface area (Å²) >= 11 is 9.53. The zero-order chi connectivity index (χ0) is 17.3. The van der Waals surface area contributed by atoms with Gasteiger partial charge < -0.3 is 10.1 Å². The Morgan fingerprint density at radius 1 is 1.17 bits per heavy atom. The Kier molecular flexibility index (Phi) is 9.30. The minimum Gasteiger partial charge on any atom is -0.496 e. The molecule has 1 aliphatic heterocycles. The number of ether oxygens (including phenoxy) is 1. The monoisotopic (exact) mass is 360 g/mol. The van der Waals surface area contributed by atoms with E-state index >= 15 is 0 Å². The molecule has 1 aliphatic rings. The number of likely N-dealkylation sites (tertiary alicyclic amines) is 1. The number of halogens is 2. The number of rotatable bonds is 4. The maximum atomic E-state index is 5.40. The number of nitrogens with zero attached hydrogens (tertiary/aromatic N) is 1. The van der Waals surface area contributed by atoms with Crippen molar-refractivity contribution in [2.24, 2.45) is 0 Å². The van der Waals surface area contributed by atoms with Crippen molar-refractivity contribution in [3.8, 4) is 5.75 Å². The highest BCUT2D eigenvalue weighted by atomic mass is 35.5. The van der Waals surface area contributed by atoms with E-state index in [4.69, 9.17) is 27.9 Å². The summed E-state index contributed by atoms with van der Waals surface area (Å²) < 4.78 is 5.40. The van der Waals surface area contributed by atoms with E-state index in [0.29, 0.717) is 11.6 Å². The van der Waals surface area contributed by atoms with Gasteiger partial charge in [0.1, 0.15) is 5.75 Å². The van der Waals surface area contributed by atoms with E-state index in [0.717, 1.165) is 12.3 Å². The Morgan fingerprint density at radius 3 is 2.26 bits per heavy atom. The van der Waals surface area contributed by atoms with Crippen LogP contribution in [0.25, 0.3) is 0 Å². The first kappa shape index (κ1) is 20.6. The van der Waals surface area contributed by atoms with Crippen LogP contribution in [0.2, 0.25) is 0 Å². The largest absolute Gasteiger partial charge is 0.496 e. The number of nitrogens with one attached hydrogen (secondary N) is 1. The zero-order valence-electron chi connectivity index (χ0n) is 14.7.